The van der Waals surface area contributed by atoms with Crippen molar-refractivity contribution in [2.45, 2.75) is 6.92 Å². The van der Waals surface area contributed by atoms with E-state index >= 15 is 0 Å². The first-order valence-electron chi connectivity index (χ1n) is 5.28. The van der Waals surface area contributed by atoms with E-state index in [1.807, 2.05) is 0 Å². The summed E-state index contributed by atoms with van der Waals surface area (Å²) < 4.78 is 13.4. The molecule has 0 spiro atoms. The maximum Gasteiger partial charge on any atom is 0.337 e. The Morgan fingerprint density at radius 3 is 2.33 bits per heavy atom. The van der Waals surface area contributed by atoms with Crippen LogP contribution in [0, 0.1) is 12.7 Å². The molecular weight excluding hydrogens is 255 g/mol. The Labute approximate surface area is 109 Å². The van der Waals surface area contributed by atoms with Crippen LogP contribution in [-0.2, 0) is 0 Å². The largest absolute Gasteiger partial charge is 0.478 e. The van der Waals surface area contributed by atoms with Crippen LogP contribution in [0.15, 0.2) is 36.4 Å². The molecule has 0 aliphatic rings. The number of carbonyl (C=O) groups is 1. The van der Waals surface area contributed by atoms with Gasteiger partial charge >= 0.3 is 5.97 Å². The molecule has 0 atom stereocenters. The van der Waals surface area contributed by atoms with Gasteiger partial charge in [-0.3, -0.25) is 0 Å². The Balaban J connectivity index is 2.48. The van der Waals surface area contributed by atoms with Gasteiger partial charge in [-0.2, -0.15) is 0 Å². The van der Waals surface area contributed by atoms with Gasteiger partial charge in [0.05, 0.1) is 10.6 Å². The first-order valence-corrected chi connectivity index (χ1v) is 5.66. The highest BCUT2D eigenvalue weighted by Crippen LogP contribution is 2.26. The number of aryl methyl sites for hydroxylation is 1. The first-order chi connectivity index (χ1) is 8.49. The fourth-order valence-electron chi connectivity index (χ4n) is 1.64. The second kappa shape index (κ2) is 4.78. The van der Waals surface area contributed by atoms with Crippen LogP contribution in [0.4, 0.5) is 4.39 Å². The molecule has 92 valence electrons. The van der Waals surface area contributed by atoms with E-state index < -0.39 is 5.97 Å². The van der Waals surface area contributed by atoms with Gasteiger partial charge in [0.25, 0.3) is 0 Å². The highest BCUT2D eigenvalue weighted by Gasteiger charge is 2.10. The van der Waals surface area contributed by atoms with Crippen LogP contribution in [0.5, 0.6) is 0 Å². The quantitative estimate of drug-likeness (QED) is 0.885. The molecule has 0 radical (unpaired) electrons. The zero-order valence-corrected chi connectivity index (χ0v) is 10.3. The van der Waals surface area contributed by atoms with E-state index in [0.717, 1.165) is 0 Å². The Kier molecular flexibility index (Phi) is 3.34. The van der Waals surface area contributed by atoms with Crippen molar-refractivity contribution in [2.75, 3.05) is 0 Å². The lowest BCUT2D eigenvalue weighted by atomic mass is 10.0. The van der Waals surface area contributed by atoms with Crippen molar-refractivity contribution in [2.24, 2.45) is 0 Å². The third kappa shape index (κ3) is 2.36. The van der Waals surface area contributed by atoms with E-state index in [1.54, 1.807) is 25.1 Å². The van der Waals surface area contributed by atoms with E-state index in [-0.39, 0.29) is 16.4 Å². The van der Waals surface area contributed by atoms with Crippen LogP contribution in [0.3, 0.4) is 0 Å². The number of aromatic carboxylic acids is 1. The lowest BCUT2D eigenvalue weighted by Crippen LogP contribution is -1.97. The van der Waals surface area contributed by atoms with E-state index in [9.17, 15) is 9.18 Å². The van der Waals surface area contributed by atoms with Crippen LogP contribution in [0.25, 0.3) is 11.1 Å². The van der Waals surface area contributed by atoms with Crippen LogP contribution in [-0.4, -0.2) is 11.1 Å². The summed E-state index contributed by atoms with van der Waals surface area (Å²) in [6, 6.07) is 9.39. The molecule has 1 N–H and O–H groups in total. The fourth-order valence-corrected chi connectivity index (χ4v) is 1.90. The predicted octanol–water partition coefficient (Wildman–Crippen LogP) is 4.15. The summed E-state index contributed by atoms with van der Waals surface area (Å²) in [5.41, 5.74) is 1.95. The molecule has 0 saturated carbocycles. The third-order valence-electron chi connectivity index (χ3n) is 2.70. The normalized spacial score (nSPS) is 10.4. The Hall–Kier alpha value is -1.87. The second-order valence-electron chi connectivity index (χ2n) is 3.96. The molecule has 2 rings (SSSR count). The molecule has 0 aromatic heterocycles. The smallest absolute Gasteiger partial charge is 0.337 e. The van der Waals surface area contributed by atoms with Crippen molar-refractivity contribution in [1.82, 2.24) is 0 Å². The van der Waals surface area contributed by atoms with Gasteiger partial charge in [-0.15, -0.1) is 0 Å². The third-order valence-corrected chi connectivity index (χ3v) is 3.02. The summed E-state index contributed by atoms with van der Waals surface area (Å²) in [6.45, 7) is 1.68. The molecule has 0 saturated heterocycles. The summed E-state index contributed by atoms with van der Waals surface area (Å²) in [4.78, 5) is 10.8. The molecule has 0 heterocycles. The number of rotatable bonds is 2. The van der Waals surface area contributed by atoms with Gasteiger partial charge in [-0.1, -0.05) is 29.8 Å². The van der Waals surface area contributed by atoms with E-state index in [2.05, 4.69) is 0 Å². The highest BCUT2D eigenvalue weighted by atomic mass is 35.5. The van der Waals surface area contributed by atoms with Gasteiger partial charge in [0.1, 0.15) is 5.82 Å². The van der Waals surface area contributed by atoms with Gasteiger partial charge in [0.2, 0.25) is 0 Å². The van der Waals surface area contributed by atoms with Crippen LogP contribution in [0.1, 0.15) is 15.9 Å². The van der Waals surface area contributed by atoms with Crippen molar-refractivity contribution in [3.05, 3.63) is 58.4 Å². The molecule has 2 aromatic rings. The molecule has 4 heteroatoms. The van der Waals surface area contributed by atoms with Crippen LogP contribution in [0.2, 0.25) is 5.02 Å². The summed E-state index contributed by atoms with van der Waals surface area (Å²) in [7, 11) is 0. The number of carboxylic acid groups (broad SMARTS) is 1. The maximum atomic E-state index is 13.4. The van der Waals surface area contributed by atoms with Crippen molar-refractivity contribution in [3.8, 4) is 11.1 Å². The van der Waals surface area contributed by atoms with Gasteiger partial charge in [0.15, 0.2) is 0 Å². The molecule has 2 aromatic carbocycles. The Bertz CT molecular complexity index is 623. The zero-order valence-electron chi connectivity index (χ0n) is 9.58. The van der Waals surface area contributed by atoms with E-state index in [0.29, 0.717) is 16.7 Å². The topological polar surface area (TPSA) is 37.3 Å². The SMILES string of the molecule is Cc1ccc(-c2ccc(C(=O)O)c(Cl)c2)cc1F. The first kappa shape index (κ1) is 12.6. The standard InChI is InChI=1S/C14H10ClFO2/c1-8-2-3-10(7-13(8)16)9-4-5-11(14(17)18)12(15)6-9/h2-7H,1H3,(H,17,18). The van der Waals surface area contributed by atoms with Crippen molar-refractivity contribution >= 4 is 17.6 Å². The zero-order chi connectivity index (χ0) is 13.3. The number of hydrogen-bond donors (Lipinski definition) is 1. The van der Waals surface area contributed by atoms with Crippen molar-refractivity contribution in [1.29, 1.82) is 0 Å². The predicted molar refractivity (Wildman–Crippen MR) is 68.5 cm³/mol. The lowest BCUT2D eigenvalue weighted by molar-refractivity contribution is 0.0697. The molecule has 0 unspecified atom stereocenters. The summed E-state index contributed by atoms with van der Waals surface area (Å²) in [5, 5.41) is 9.00. The molecule has 2 nitrogen and oxygen atoms in total. The molecule has 18 heavy (non-hydrogen) atoms. The van der Waals surface area contributed by atoms with Crippen molar-refractivity contribution < 1.29 is 14.3 Å². The van der Waals surface area contributed by atoms with Gasteiger partial charge < -0.3 is 5.11 Å². The minimum absolute atomic E-state index is 0.0352. The molecular formula is C14H10ClFO2. The number of halogens is 2. The Morgan fingerprint density at radius 1 is 1.17 bits per heavy atom. The highest BCUT2D eigenvalue weighted by molar-refractivity contribution is 6.33. The van der Waals surface area contributed by atoms with Crippen molar-refractivity contribution in [3.63, 3.8) is 0 Å². The number of carboxylic acids is 1. The fraction of sp³-hybridized carbons (Fsp3) is 0.0714. The van der Waals surface area contributed by atoms with E-state index in [1.165, 1.54) is 18.2 Å². The maximum absolute atomic E-state index is 13.4. The molecule has 0 amide bonds. The second-order valence-corrected chi connectivity index (χ2v) is 4.37. The van der Waals surface area contributed by atoms with E-state index in [4.69, 9.17) is 16.7 Å². The number of benzene rings is 2. The summed E-state index contributed by atoms with van der Waals surface area (Å²) in [6.07, 6.45) is 0. The minimum atomic E-state index is -1.08. The summed E-state index contributed by atoms with van der Waals surface area (Å²) >= 11 is 5.87. The Morgan fingerprint density at radius 2 is 1.78 bits per heavy atom. The molecule has 0 fully saturated rings. The van der Waals surface area contributed by atoms with Crippen LogP contribution < -0.4 is 0 Å². The monoisotopic (exact) mass is 264 g/mol. The minimum Gasteiger partial charge on any atom is -0.478 e. The van der Waals surface area contributed by atoms with Gasteiger partial charge in [-0.05, 0) is 41.8 Å². The number of hydrogen-bond acceptors (Lipinski definition) is 1. The molecule has 0 bridgehead atoms. The average Bonchev–Trinajstić information content (AvgIpc) is 2.32. The summed E-state index contributed by atoms with van der Waals surface area (Å²) in [5.74, 6) is -1.38. The molecule has 0 aliphatic carbocycles. The average molecular weight is 265 g/mol. The van der Waals surface area contributed by atoms with Gasteiger partial charge in [0, 0.05) is 0 Å². The van der Waals surface area contributed by atoms with Crippen LogP contribution >= 0.6 is 11.6 Å². The van der Waals surface area contributed by atoms with Gasteiger partial charge in [-0.25, -0.2) is 9.18 Å². The molecule has 0 aliphatic heterocycles. The lowest BCUT2D eigenvalue weighted by Gasteiger charge is -2.06.